The smallest absolute Gasteiger partial charge is 0.282 e. The first kappa shape index (κ1) is 17.4. The van der Waals surface area contributed by atoms with Gasteiger partial charge >= 0.3 is 0 Å². The molecule has 8 heteroatoms. The van der Waals surface area contributed by atoms with E-state index in [0.29, 0.717) is 6.54 Å². The summed E-state index contributed by atoms with van der Waals surface area (Å²) >= 11 is 0. The van der Waals surface area contributed by atoms with E-state index in [1.807, 2.05) is 6.07 Å². The lowest BCUT2D eigenvalue weighted by molar-refractivity contribution is -0.384. The molecule has 0 bridgehead atoms. The molecule has 8 nitrogen and oxygen atoms in total. The van der Waals surface area contributed by atoms with Gasteiger partial charge in [0.2, 0.25) is 17.5 Å². The lowest BCUT2D eigenvalue weighted by Crippen LogP contribution is -2.28. The Kier molecular flexibility index (Phi) is 5.87. The zero-order valence-electron chi connectivity index (χ0n) is 13.7. The number of hydrogen-bond acceptors (Lipinski definition) is 7. The Bertz CT molecular complexity index is 746. The van der Waals surface area contributed by atoms with Gasteiger partial charge < -0.3 is 14.6 Å². The normalized spacial score (nSPS) is 10.6. The van der Waals surface area contributed by atoms with Crippen molar-refractivity contribution in [2.45, 2.75) is 13.8 Å². The number of anilines is 1. The van der Waals surface area contributed by atoms with Gasteiger partial charge in [0.05, 0.1) is 4.92 Å². The Hall–Kier alpha value is -2.92. The van der Waals surface area contributed by atoms with Crippen molar-refractivity contribution in [1.82, 2.24) is 9.88 Å². The van der Waals surface area contributed by atoms with E-state index in [4.69, 9.17) is 4.42 Å². The first-order valence-corrected chi connectivity index (χ1v) is 7.71. The van der Waals surface area contributed by atoms with Crippen LogP contribution >= 0.6 is 0 Å². The van der Waals surface area contributed by atoms with Crippen LogP contribution in [0.4, 0.5) is 11.6 Å². The van der Waals surface area contributed by atoms with Gasteiger partial charge in [-0.1, -0.05) is 26.0 Å². The third kappa shape index (κ3) is 3.88. The molecule has 2 rings (SSSR count). The van der Waals surface area contributed by atoms with Gasteiger partial charge in [-0.25, -0.2) is 0 Å². The van der Waals surface area contributed by atoms with E-state index in [0.717, 1.165) is 19.6 Å². The Balaban J connectivity index is 2.22. The van der Waals surface area contributed by atoms with E-state index in [-0.39, 0.29) is 28.7 Å². The third-order valence-electron chi connectivity index (χ3n) is 3.67. The molecule has 0 radical (unpaired) electrons. The lowest BCUT2D eigenvalue weighted by Gasteiger charge is -2.17. The molecular weight excluding hydrogens is 310 g/mol. The summed E-state index contributed by atoms with van der Waals surface area (Å²) in [6.07, 6.45) is 0. The van der Waals surface area contributed by atoms with Gasteiger partial charge in [0.15, 0.2) is 0 Å². The number of nitro groups is 1. The molecule has 0 saturated heterocycles. The van der Waals surface area contributed by atoms with Gasteiger partial charge in [-0.15, -0.1) is 0 Å². The highest BCUT2D eigenvalue weighted by atomic mass is 16.6. The molecule has 0 aliphatic rings. The van der Waals surface area contributed by atoms with Crippen LogP contribution in [0.2, 0.25) is 0 Å². The molecule has 0 aliphatic carbocycles. The topological polar surface area (TPSA) is 108 Å². The van der Waals surface area contributed by atoms with Crippen molar-refractivity contribution >= 4 is 11.6 Å². The van der Waals surface area contributed by atoms with Crippen LogP contribution < -0.4 is 5.32 Å². The fourth-order valence-corrected chi connectivity index (χ4v) is 2.31. The molecule has 24 heavy (non-hydrogen) atoms. The number of nitro benzene ring substituents is 1. The summed E-state index contributed by atoms with van der Waals surface area (Å²) < 4.78 is 5.56. The van der Waals surface area contributed by atoms with Crippen LogP contribution in [0.15, 0.2) is 28.7 Å². The number of para-hydroxylation sites is 1. The number of nitriles is 1. The van der Waals surface area contributed by atoms with Crippen molar-refractivity contribution in [2.24, 2.45) is 0 Å². The summed E-state index contributed by atoms with van der Waals surface area (Å²) in [7, 11) is 0. The molecule has 1 aromatic heterocycles. The monoisotopic (exact) mass is 329 g/mol. The molecule has 1 aromatic carbocycles. The van der Waals surface area contributed by atoms with Crippen LogP contribution in [0, 0.1) is 21.4 Å². The van der Waals surface area contributed by atoms with Crippen molar-refractivity contribution < 1.29 is 9.34 Å². The van der Waals surface area contributed by atoms with Gasteiger partial charge in [-0.3, -0.25) is 10.1 Å². The zero-order chi connectivity index (χ0) is 17.5. The van der Waals surface area contributed by atoms with Crippen molar-refractivity contribution in [1.29, 1.82) is 5.26 Å². The second-order valence-electron chi connectivity index (χ2n) is 5.04. The molecule has 0 amide bonds. The average Bonchev–Trinajstić information content (AvgIpc) is 3.01. The standard InChI is InChI=1S/C16H19N5O3/c1-3-20(4-2)10-9-18-16-13(11-17)19-15(24-16)12-7-5-6-8-14(12)21(22)23/h5-8,18H,3-4,9-10H2,1-2H3. The molecule has 1 heterocycles. The Morgan fingerprint density at radius 3 is 2.71 bits per heavy atom. The third-order valence-corrected chi connectivity index (χ3v) is 3.67. The minimum atomic E-state index is -0.501. The maximum Gasteiger partial charge on any atom is 0.282 e. The van der Waals surface area contributed by atoms with E-state index in [1.54, 1.807) is 18.2 Å². The van der Waals surface area contributed by atoms with E-state index in [9.17, 15) is 15.4 Å². The Morgan fingerprint density at radius 2 is 2.08 bits per heavy atom. The van der Waals surface area contributed by atoms with Gasteiger partial charge in [0, 0.05) is 19.2 Å². The molecule has 0 aliphatic heterocycles. The van der Waals surface area contributed by atoms with E-state index >= 15 is 0 Å². The highest BCUT2D eigenvalue weighted by molar-refractivity contribution is 5.68. The molecule has 1 N–H and O–H groups in total. The van der Waals surface area contributed by atoms with Crippen molar-refractivity contribution in [3.63, 3.8) is 0 Å². The van der Waals surface area contributed by atoms with Crippen molar-refractivity contribution in [3.8, 4) is 17.5 Å². The van der Waals surface area contributed by atoms with Crippen LogP contribution in [0.25, 0.3) is 11.5 Å². The number of aromatic nitrogens is 1. The van der Waals surface area contributed by atoms with Crippen LogP contribution in [0.1, 0.15) is 19.5 Å². The maximum atomic E-state index is 11.1. The number of benzene rings is 1. The molecule has 2 aromatic rings. The van der Waals surface area contributed by atoms with Crippen molar-refractivity contribution in [2.75, 3.05) is 31.5 Å². The first-order chi connectivity index (χ1) is 11.6. The predicted molar refractivity (Wildman–Crippen MR) is 89.6 cm³/mol. The number of hydrogen-bond donors (Lipinski definition) is 1. The highest BCUT2D eigenvalue weighted by Crippen LogP contribution is 2.31. The number of nitrogens with one attached hydrogen (secondary N) is 1. The summed E-state index contributed by atoms with van der Waals surface area (Å²) in [5.74, 6) is 0.294. The molecule has 0 unspecified atom stereocenters. The zero-order valence-corrected chi connectivity index (χ0v) is 13.7. The molecule has 0 atom stereocenters. The number of oxazole rings is 1. The summed E-state index contributed by atoms with van der Waals surface area (Å²) in [4.78, 5) is 16.9. The summed E-state index contributed by atoms with van der Waals surface area (Å²) in [5, 5.41) is 23.4. The summed E-state index contributed by atoms with van der Waals surface area (Å²) in [6, 6.07) is 8.10. The van der Waals surface area contributed by atoms with Gasteiger partial charge in [0.1, 0.15) is 11.6 Å². The van der Waals surface area contributed by atoms with Crippen LogP contribution in [0.5, 0.6) is 0 Å². The lowest BCUT2D eigenvalue weighted by atomic mass is 10.2. The van der Waals surface area contributed by atoms with Crippen LogP contribution in [-0.4, -0.2) is 41.0 Å². The van der Waals surface area contributed by atoms with E-state index < -0.39 is 4.92 Å². The molecule has 0 saturated carbocycles. The van der Waals surface area contributed by atoms with Crippen LogP contribution in [0.3, 0.4) is 0 Å². The number of nitrogens with zero attached hydrogens (tertiary/aromatic N) is 4. The van der Waals surface area contributed by atoms with Gasteiger partial charge in [-0.2, -0.15) is 10.2 Å². The van der Waals surface area contributed by atoms with E-state index in [1.165, 1.54) is 6.07 Å². The Labute approximate surface area is 139 Å². The number of rotatable bonds is 8. The SMILES string of the molecule is CCN(CC)CCNc1oc(-c2ccccc2[N+](=O)[O-])nc1C#N. The Morgan fingerprint density at radius 1 is 1.38 bits per heavy atom. The first-order valence-electron chi connectivity index (χ1n) is 7.71. The molecule has 126 valence electrons. The summed E-state index contributed by atoms with van der Waals surface area (Å²) in [5.41, 5.74) is 0.219. The second kappa shape index (κ2) is 8.08. The average molecular weight is 329 g/mol. The largest absolute Gasteiger partial charge is 0.419 e. The minimum Gasteiger partial charge on any atom is -0.419 e. The fourth-order valence-electron chi connectivity index (χ4n) is 2.31. The summed E-state index contributed by atoms with van der Waals surface area (Å²) in [6.45, 7) is 7.39. The fraction of sp³-hybridized carbons (Fsp3) is 0.375. The molecule has 0 spiro atoms. The van der Waals surface area contributed by atoms with E-state index in [2.05, 4.69) is 29.0 Å². The second-order valence-corrected chi connectivity index (χ2v) is 5.04. The van der Waals surface area contributed by atoms with Crippen LogP contribution in [-0.2, 0) is 0 Å². The highest BCUT2D eigenvalue weighted by Gasteiger charge is 2.21. The molecular formula is C16H19N5O3. The predicted octanol–water partition coefficient (Wildman–Crippen LogP) is 2.88. The van der Waals surface area contributed by atoms with Crippen molar-refractivity contribution in [3.05, 3.63) is 40.1 Å². The molecule has 0 fully saturated rings. The maximum absolute atomic E-state index is 11.1. The quantitative estimate of drug-likeness (QED) is 0.586. The number of likely N-dealkylation sites (N-methyl/N-ethyl adjacent to an activating group) is 1. The van der Waals surface area contributed by atoms with Gasteiger partial charge in [0.25, 0.3) is 5.69 Å². The van der Waals surface area contributed by atoms with Gasteiger partial charge in [-0.05, 0) is 19.2 Å². The minimum absolute atomic E-state index is 0.0594.